The summed E-state index contributed by atoms with van der Waals surface area (Å²) in [5, 5.41) is 8.93. The molecule has 0 radical (unpaired) electrons. The Kier molecular flexibility index (Phi) is 5.74. The van der Waals surface area contributed by atoms with Gasteiger partial charge in [0, 0.05) is 28.9 Å². The van der Waals surface area contributed by atoms with E-state index in [2.05, 4.69) is 25.9 Å². The van der Waals surface area contributed by atoms with Gasteiger partial charge in [-0.3, -0.25) is 9.79 Å². The molecule has 1 atom stereocenters. The number of anilines is 2. The molecule has 0 spiro atoms. The zero-order valence-corrected chi connectivity index (χ0v) is 18.9. The molecule has 0 aromatic heterocycles. The minimum atomic E-state index is -0.389. The lowest BCUT2D eigenvalue weighted by molar-refractivity contribution is -0.749. The largest absolute Gasteiger partial charge is 0.334 e. The van der Waals surface area contributed by atoms with Crippen LogP contribution in [-0.2, 0) is 11.3 Å². The fourth-order valence-corrected chi connectivity index (χ4v) is 4.06. The molecule has 1 unspecified atom stereocenters. The van der Waals surface area contributed by atoms with Gasteiger partial charge in [0.25, 0.3) is 0 Å². The number of rotatable bonds is 6. The van der Waals surface area contributed by atoms with Crippen molar-refractivity contribution in [2.75, 3.05) is 10.6 Å². The monoisotopic (exact) mass is 476 g/mol. The molecule has 5 N–H and O–H groups in total. The first-order chi connectivity index (χ1) is 16.4. The average molecular weight is 477 g/mol. The van der Waals surface area contributed by atoms with Crippen LogP contribution in [0.2, 0.25) is 5.02 Å². The zero-order chi connectivity index (χ0) is 23.7. The number of halogens is 1. The molecule has 34 heavy (non-hydrogen) atoms. The van der Waals surface area contributed by atoms with Crippen molar-refractivity contribution in [3.8, 4) is 0 Å². The molecule has 1 aliphatic carbocycles. The SMILES string of the molecule is N[N+]12C=CN=CC1=C(C1CC1)N=C2C(=O)Nc1cccc(CNC(=O)Nc2cccc(Cl)c2)c1. The lowest BCUT2D eigenvalue weighted by atomic mass is 10.2. The summed E-state index contributed by atoms with van der Waals surface area (Å²) in [5.41, 5.74) is 3.55. The van der Waals surface area contributed by atoms with E-state index in [1.54, 1.807) is 61.1 Å². The molecule has 1 saturated carbocycles. The van der Waals surface area contributed by atoms with E-state index in [0.717, 1.165) is 29.8 Å². The van der Waals surface area contributed by atoms with Gasteiger partial charge in [-0.15, -0.1) is 4.59 Å². The van der Waals surface area contributed by atoms with Crippen LogP contribution in [0.25, 0.3) is 0 Å². The van der Waals surface area contributed by atoms with Crippen LogP contribution < -0.4 is 21.8 Å². The number of carbonyl (C=O) groups excluding carboxylic acids is 2. The van der Waals surface area contributed by atoms with Crippen LogP contribution in [0.1, 0.15) is 18.4 Å². The highest BCUT2D eigenvalue weighted by Crippen LogP contribution is 2.43. The topological polar surface area (TPSA) is 121 Å². The number of nitrogens with one attached hydrogen (secondary N) is 3. The van der Waals surface area contributed by atoms with E-state index < -0.39 is 0 Å². The van der Waals surface area contributed by atoms with E-state index >= 15 is 0 Å². The van der Waals surface area contributed by atoms with Crippen LogP contribution in [0.15, 0.2) is 82.3 Å². The Labute approximate surface area is 201 Å². The third kappa shape index (κ3) is 4.49. The first-order valence-corrected chi connectivity index (χ1v) is 11.2. The first-order valence-electron chi connectivity index (χ1n) is 10.9. The number of nitrogens with zero attached hydrogens (tertiary/aromatic N) is 3. The molecule has 9 nitrogen and oxygen atoms in total. The average Bonchev–Trinajstić information content (AvgIpc) is 3.60. The van der Waals surface area contributed by atoms with E-state index in [4.69, 9.17) is 17.4 Å². The van der Waals surface area contributed by atoms with Crippen molar-refractivity contribution in [3.63, 3.8) is 0 Å². The molecule has 1 fully saturated rings. The minimum absolute atomic E-state index is 0.198. The lowest BCUT2D eigenvalue weighted by Crippen LogP contribution is -2.56. The summed E-state index contributed by atoms with van der Waals surface area (Å²) in [6.45, 7) is 0.269. The number of hydrogen-bond acceptors (Lipinski definition) is 5. The predicted molar refractivity (Wildman–Crippen MR) is 132 cm³/mol. The number of quaternary nitrogens is 1. The maximum atomic E-state index is 13.1. The highest BCUT2D eigenvalue weighted by atomic mass is 35.5. The number of benzene rings is 2. The quantitative estimate of drug-likeness (QED) is 0.374. The Morgan fingerprint density at radius 3 is 2.62 bits per heavy atom. The second-order valence-corrected chi connectivity index (χ2v) is 8.74. The van der Waals surface area contributed by atoms with E-state index in [1.807, 2.05) is 6.07 Å². The summed E-state index contributed by atoms with van der Waals surface area (Å²) in [5.74, 6) is 6.68. The van der Waals surface area contributed by atoms with Gasteiger partial charge in [-0.05, 0) is 48.7 Å². The highest BCUT2D eigenvalue weighted by molar-refractivity contribution is 6.40. The van der Waals surface area contributed by atoms with Crippen LogP contribution in [0.5, 0.6) is 0 Å². The summed E-state index contributed by atoms with van der Waals surface area (Å²) in [7, 11) is 0. The lowest BCUT2D eigenvalue weighted by Gasteiger charge is -2.25. The first kappa shape index (κ1) is 22.0. The second-order valence-electron chi connectivity index (χ2n) is 8.31. The van der Waals surface area contributed by atoms with Crippen molar-refractivity contribution in [2.45, 2.75) is 19.4 Å². The van der Waals surface area contributed by atoms with Gasteiger partial charge in [0.05, 0.1) is 12.4 Å². The van der Waals surface area contributed by atoms with Crippen molar-refractivity contribution in [1.82, 2.24) is 5.32 Å². The number of hydrogen-bond donors (Lipinski definition) is 4. The third-order valence-electron chi connectivity index (χ3n) is 5.71. The molecule has 2 aliphatic heterocycles. The van der Waals surface area contributed by atoms with Crippen molar-refractivity contribution in [1.29, 1.82) is 0 Å². The second kappa shape index (κ2) is 8.86. The normalized spacial score (nSPS) is 20.6. The molecule has 0 saturated heterocycles. The molecule has 0 bridgehead atoms. The molecule has 10 heteroatoms. The molecule has 2 aromatic carbocycles. The number of allylic oxidation sites excluding steroid dienone is 2. The maximum absolute atomic E-state index is 13.1. The molecule has 172 valence electrons. The van der Waals surface area contributed by atoms with E-state index in [-0.39, 0.29) is 28.9 Å². The van der Waals surface area contributed by atoms with Gasteiger partial charge in [0.15, 0.2) is 0 Å². The fourth-order valence-electron chi connectivity index (χ4n) is 3.87. The summed E-state index contributed by atoms with van der Waals surface area (Å²) < 4.78 is -0.286. The van der Waals surface area contributed by atoms with Crippen molar-refractivity contribution in [2.24, 2.45) is 21.7 Å². The number of nitrogens with two attached hydrogens (primary N) is 1. The van der Waals surface area contributed by atoms with Gasteiger partial charge >= 0.3 is 17.8 Å². The number of amidine groups is 1. The molecule has 3 aliphatic rings. The smallest absolute Gasteiger partial charge is 0.333 e. The van der Waals surface area contributed by atoms with Crippen LogP contribution in [0.3, 0.4) is 0 Å². The summed E-state index contributed by atoms with van der Waals surface area (Å²) in [6, 6.07) is 13.7. The number of amides is 3. The van der Waals surface area contributed by atoms with Gasteiger partial charge in [-0.1, -0.05) is 29.8 Å². The van der Waals surface area contributed by atoms with E-state index in [0.29, 0.717) is 22.3 Å². The van der Waals surface area contributed by atoms with Gasteiger partial charge < -0.3 is 16.0 Å². The summed E-state index contributed by atoms with van der Waals surface area (Å²) >= 11 is 5.94. The van der Waals surface area contributed by atoms with Gasteiger partial charge in [-0.25, -0.2) is 4.79 Å². The number of carbonyl (C=O) groups is 2. The van der Waals surface area contributed by atoms with E-state index in [9.17, 15) is 9.59 Å². The number of aliphatic imine (C=N–C) groups is 2. The summed E-state index contributed by atoms with van der Waals surface area (Å²) in [6.07, 6.45) is 6.98. The van der Waals surface area contributed by atoms with Crippen LogP contribution in [0, 0.1) is 5.92 Å². The molecule has 2 heterocycles. The number of fused-ring (bicyclic) bond motifs is 1. The minimum Gasteiger partial charge on any atom is -0.334 e. The molecule has 3 amide bonds. The van der Waals surface area contributed by atoms with Crippen LogP contribution in [-0.4, -0.2) is 28.6 Å². The molecular weight excluding hydrogens is 454 g/mol. The Bertz CT molecular complexity index is 1300. The standard InChI is InChI=1S/C24H22ClN7O2/c25-17-4-2-6-19(12-17)30-24(34)28-13-15-3-1-5-18(11-15)29-23(33)22-31-21(16-7-8-16)20-14-27-9-10-32(20,22)26/h1-6,9-12,14,16H,7-8,13,26H2,(H2-,28,29,30,33,34)/p+1. The van der Waals surface area contributed by atoms with Crippen LogP contribution in [0.4, 0.5) is 16.2 Å². The van der Waals surface area contributed by atoms with Gasteiger partial charge in [-0.2, -0.15) is 10.8 Å². The van der Waals surface area contributed by atoms with Crippen molar-refractivity contribution in [3.05, 3.63) is 82.9 Å². The maximum Gasteiger partial charge on any atom is 0.333 e. The van der Waals surface area contributed by atoms with Gasteiger partial charge in [0.1, 0.15) is 11.9 Å². The molecular formula is C24H23ClN7O2+. The highest BCUT2D eigenvalue weighted by Gasteiger charge is 2.50. The van der Waals surface area contributed by atoms with Crippen LogP contribution >= 0.6 is 11.6 Å². The van der Waals surface area contributed by atoms with Crippen molar-refractivity contribution < 1.29 is 14.2 Å². The third-order valence-corrected chi connectivity index (χ3v) is 5.95. The van der Waals surface area contributed by atoms with Crippen molar-refractivity contribution >= 4 is 47.0 Å². The van der Waals surface area contributed by atoms with E-state index in [1.165, 1.54) is 0 Å². The Balaban J connectivity index is 1.23. The molecule has 5 rings (SSSR count). The zero-order valence-electron chi connectivity index (χ0n) is 18.2. The Morgan fingerprint density at radius 1 is 1.09 bits per heavy atom. The Morgan fingerprint density at radius 2 is 1.85 bits per heavy atom. The Hall–Kier alpha value is -3.79. The summed E-state index contributed by atoms with van der Waals surface area (Å²) in [4.78, 5) is 34.1. The fraction of sp³-hybridized carbons (Fsp3) is 0.167. The molecule has 2 aromatic rings. The number of urea groups is 1. The van der Waals surface area contributed by atoms with Gasteiger partial charge in [0.2, 0.25) is 5.70 Å². The predicted octanol–water partition coefficient (Wildman–Crippen LogP) is 3.88.